The lowest BCUT2D eigenvalue weighted by molar-refractivity contribution is -0.688. The van der Waals surface area contributed by atoms with Crippen LogP contribution in [0.4, 0.5) is 87.8 Å². The zero-order chi connectivity index (χ0) is 50.6. The Hall–Kier alpha value is -7.47. The molecule has 1 aromatic heterocycles. The van der Waals surface area contributed by atoms with Crippen LogP contribution in [0.25, 0.3) is 10.8 Å². The van der Waals surface area contributed by atoms with Crippen LogP contribution in [0.15, 0.2) is 66.9 Å². The van der Waals surface area contributed by atoms with Crippen LogP contribution in [0.2, 0.25) is 0 Å². The van der Waals surface area contributed by atoms with Crippen molar-refractivity contribution in [1.82, 2.24) is 0 Å². The fourth-order valence-electron chi connectivity index (χ4n) is 7.58. The van der Waals surface area contributed by atoms with Gasteiger partial charge in [-0.15, -0.1) is 21.9 Å². The van der Waals surface area contributed by atoms with Gasteiger partial charge in [-0.1, -0.05) is 48.5 Å². The molecular weight excluding hydrogens is 969 g/mol. The van der Waals surface area contributed by atoms with E-state index in [4.69, 9.17) is 5.11 Å². The first-order valence-electron chi connectivity index (χ1n) is 18.3. The molecule has 1 N–H and O–H groups in total. The van der Waals surface area contributed by atoms with Crippen LogP contribution in [0.3, 0.4) is 0 Å². The highest BCUT2D eigenvalue weighted by Crippen LogP contribution is 2.31. The van der Waals surface area contributed by atoms with Crippen molar-refractivity contribution < 1.29 is 107 Å². The van der Waals surface area contributed by atoms with E-state index in [1.165, 1.54) is 0 Å². The summed E-state index contributed by atoms with van der Waals surface area (Å²) in [5.74, 6) is -72.9. The summed E-state index contributed by atoms with van der Waals surface area (Å²) in [5, 5.41) is 10.7. The van der Waals surface area contributed by atoms with Gasteiger partial charge in [0.05, 0.1) is 5.39 Å². The predicted octanol–water partition coefficient (Wildman–Crippen LogP) is 8.68. The zero-order valence-corrected chi connectivity index (χ0v) is 32.6. The highest BCUT2D eigenvalue weighted by atomic mass is 19.2. The van der Waals surface area contributed by atoms with Crippen LogP contribution in [0.1, 0.15) is 22.5 Å². The van der Waals surface area contributed by atoms with Gasteiger partial charge in [-0.25, -0.2) is 87.8 Å². The molecule has 1 heterocycles. The third-order valence-electron chi connectivity index (χ3n) is 10.4. The normalized spacial score (nSPS) is 11.5. The van der Waals surface area contributed by atoms with Crippen LogP contribution < -0.4 is 26.4 Å². The van der Waals surface area contributed by atoms with E-state index >= 15 is 35.1 Å². The molecule has 0 aliphatic carbocycles. The van der Waals surface area contributed by atoms with E-state index in [2.05, 4.69) is 0 Å². The number of fused-ring (bicyclic) bond motifs is 1. The average molecular weight is 985 g/mol. The van der Waals surface area contributed by atoms with Crippen molar-refractivity contribution in [1.29, 1.82) is 0 Å². The van der Waals surface area contributed by atoms with E-state index in [1.54, 1.807) is 0 Å². The minimum atomic E-state index is -7.22. The lowest BCUT2D eigenvalue weighted by Crippen LogP contribution is -2.81. The molecule has 4 nitrogen and oxygen atoms in total. The first kappa shape index (κ1) is 50.0. The molecule has 0 fully saturated rings. The van der Waals surface area contributed by atoms with Crippen LogP contribution >= 0.6 is 0 Å². The molecule has 6 aromatic carbocycles. The lowest BCUT2D eigenvalue weighted by Gasteiger charge is -2.44. The summed E-state index contributed by atoms with van der Waals surface area (Å²) in [4.78, 5) is 23.4. The molecule has 0 radical (unpaired) electrons. The number of carbonyl (C=O) groups is 2. The van der Waals surface area contributed by atoms with Crippen molar-refractivity contribution in [3.05, 3.63) is 194 Å². The minimum absolute atomic E-state index is 0.384. The number of aliphatic carboxylic acids is 1. The second-order valence-corrected chi connectivity index (χ2v) is 14.2. The van der Waals surface area contributed by atoms with E-state index in [9.17, 15) is 62.3 Å². The molecule has 0 spiro atoms. The van der Waals surface area contributed by atoms with Gasteiger partial charge >= 0.3 is 5.97 Å². The van der Waals surface area contributed by atoms with Crippen molar-refractivity contribution >= 4 is 50.5 Å². The van der Waals surface area contributed by atoms with Gasteiger partial charge in [-0.05, 0) is 11.5 Å². The molecule has 0 saturated heterocycles. The number of pyridine rings is 1. The third kappa shape index (κ3) is 7.91. The number of halogens is 20. The number of Topliss-reactive ketones (excluding diaryl/α,β-unsaturated/α-hetero) is 1. The fraction of sp³-hybridized carbons (Fsp3) is 0.0465. The van der Waals surface area contributed by atoms with E-state index in [1.807, 2.05) is 71.4 Å². The maximum absolute atomic E-state index is 15.4. The molecule has 0 aliphatic rings. The van der Waals surface area contributed by atoms with Gasteiger partial charge in [0.25, 0.3) is 5.69 Å². The van der Waals surface area contributed by atoms with Gasteiger partial charge in [0.15, 0.2) is 82.5 Å². The number of rotatable bonds is 9. The van der Waals surface area contributed by atoms with Crippen molar-refractivity contribution in [2.45, 2.75) is 13.0 Å². The first-order chi connectivity index (χ1) is 31.8. The summed E-state index contributed by atoms with van der Waals surface area (Å²) in [5.41, 5.74) is -12.8. The molecule has 0 unspecified atom stereocenters. The summed E-state index contributed by atoms with van der Waals surface area (Å²) >= 11 is 0. The molecule has 0 amide bonds. The number of hydrogen-bond donors (Lipinski definition) is 1. The molecule has 7 rings (SSSR count). The molecule has 25 heteroatoms. The summed E-state index contributed by atoms with van der Waals surface area (Å²) in [6, 6.07) is 19.2. The minimum Gasteiger partial charge on any atom is -0.481 e. The second kappa shape index (κ2) is 18.7. The van der Waals surface area contributed by atoms with E-state index in [0.717, 1.165) is 16.3 Å². The van der Waals surface area contributed by atoms with Crippen molar-refractivity contribution in [3.8, 4) is 0 Å². The van der Waals surface area contributed by atoms with Crippen molar-refractivity contribution in [2.75, 3.05) is 0 Å². The summed E-state index contributed by atoms with van der Waals surface area (Å²) in [6.07, 6.45) is -5.89. The molecule has 0 aliphatic heterocycles. The third-order valence-corrected chi connectivity index (χ3v) is 10.4. The SMILES string of the molecule is Fc1c(F)c(F)c([B-](c2c(F)c(F)c(F)c(F)c2F)(c2c(F)c(F)c(F)c(F)c2F)c2c(F)c(F)c(F)c(F)c2F)c(F)c1F.O=C(O)CC(=O)c1c2ccccc2cc[n+]1Cc1ccccc1. The predicted molar refractivity (Wildman–Crippen MR) is 195 cm³/mol. The molecule has 0 bridgehead atoms. The summed E-state index contributed by atoms with van der Waals surface area (Å²) in [7, 11) is 0. The highest BCUT2D eigenvalue weighted by Gasteiger charge is 2.52. The fourth-order valence-corrected chi connectivity index (χ4v) is 7.58. The van der Waals surface area contributed by atoms with Crippen molar-refractivity contribution in [2.24, 2.45) is 0 Å². The zero-order valence-electron chi connectivity index (χ0n) is 32.6. The van der Waals surface area contributed by atoms with Gasteiger partial charge in [0, 0.05) is 11.6 Å². The second-order valence-electron chi connectivity index (χ2n) is 14.2. The highest BCUT2D eigenvalue weighted by molar-refractivity contribution is 7.20. The number of carboxylic acids is 1. The molecule has 0 atom stereocenters. The van der Waals surface area contributed by atoms with Gasteiger partial charge in [-0.3, -0.25) is 9.59 Å². The van der Waals surface area contributed by atoms with Gasteiger partial charge in [0.2, 0.25) is 5.78 Å². The quantitative estimate of drug-likeness (QED) is 0.0300. The number of carbonyl (C=O) groups excluding carboxylic acids is 1. The Morgan fingerprint density at radius 2 is 0.691 bits per heavy atom. The maximum Gasteiger partial charge on any atom is 0.311 e. The van der Waals surface area contributed by atoms with Gasteiger partial charge in [-0.2, -0.15) is 4.57 Å². The van der Waals surface area contributed by atoms with Crippen LogP contribution in [0, 0.1) is 116 Å². The molecule has 0 saturated carbocycles. The standard InChI is InChI=1S/C24BF20.C19H15NO3/c26-5-1(6(27)14(35)21(42)13(5)34)25(2-7(28)15(36)22(43)16(37)8(2)29,3-9(30)17(38)23(44)18(39)10(3)31)4-11(32)19(40)24(45)20(41)12(4)33;21-17(12-18(22)23)19-16-9-5-4-8-15(16)10-11-20(19)13-14-6-2-1-3-7-14/h;1-11H,12-13H2/q-1;/p+1. The molecule has 7 aromatic rings. The smallest absolute Gasteiger partial charge is 0.311 e. The van der Waals surface area contributed by atoms with Crippen LogP contribution in [0.5, 0.6) is 0 Å². The van der Waals surface area contributed by atoms with E-state index in [-0.39, 0.29) is 5.78 Å². The Bertz CT molecular complexity index is 2860. The topological polar surface area (TPSA) is 58.2 Å². The number of ketones is 1. The molecular formula is C43H16BF20NO3. The Labute approximate surface area is 364 Å². The number of nitrogens with zero attached hydrogens (tertiary/aromatic N) is 1. The van der Waals surface area contributed by atoms with E-state index in [0.29, 0.717) is 12.2 Å². The maximum atomic E-state index is 15.4. The summed E-state index contributed by atoms with van der Waals surface area (Å²) < 4.78 is 296. The van der Waals surface area contributed by atoms with Crippen LogP contribution in [-0.4, -0.2) is 23.0 Å². The first-order valence-corrected chi connectivity index (χ1v) is 18.3. The van der Waals surface area contributed by atoms with Gasteiger partial charge in [0.1, 0.15) is 59.1 Å². The number of hydrogen-bond acceptors (Lipinski definition) is 2. The van der Waals surface area contributed by atoms with Gasteiger partial charge < -0.3 is 5.11 Å². The number of carboxylic acid groups (broad SMARTS) is 1. The molecule has 354 valence electrons. The van der Waals surface area contributed by atoms with E-state index < -0.39 is 157 Å². The number of benzene rings is 6. The lowest BCUT2D eigenvalue weighted by atomic mass is 9.12. The van der Waals surface area contributed by atoms with Crippen molar-refractivity contribution in [3.63, 3.8) is 0 Å². The largest absolute Gasteiger partial charge is 0.481 e. The Morgan fingerprint density at radius 3 is 1.01 bits per heavy atom. The Kier molecular flexibility index (Phi) is 13.7. The Morgan fingerprint density at radius 1 is 0.397 bits per heavy atom. The Balaban J connectivity index is 0.000000276. The monoisotopic (exact) mass is 985 g/mol. The average Bonchev–Trinajstić information content (AvgIpc) is 3.31. The van der Waals surface area contributed by atoms with Crippen LogP contribution in [-0.2, 0) is 11.3 Å². The molecule has 68 heavy (non-hydrogen) atoms. The number of aromatic nitrogens is 1. The summed E-state index contributed by atoms with van der Waals surface area (Å²) in [6.45, 7) is 0.520.